The Bertz CT molecular complexity index is 528. The lowest BCUT2D eigenvalue weighted by molar-refractivity contribution is -0.146. The van der Waals surface area contributed by atoms with Crippen LogP contribution < -0.4 is 0 Å². The third-order valence-corrected chi connectivity index (χ3v) is 3.50. The highest BCUT2D eigenvalue weighted by Crippen LogP contribution is 2.30. The maximum atomic E-state index is 13.8. The van der Waals surface area contributed by atoms with Crippen molar-refractivity contribution in [3.8, 4) is 0 Å². The van der Waals surface area contributed by atoms with Crippen molar-refractivity contribution in [2.45, 2.75) is 25.4 Å². The molecule has 0 atom stereocenters. The molecule has 0 bridgehead atoms. The minimum atomic E-state index is -1.14. The smallest absolute Gasteiger partial charge is 0.329 e. The Morgan fingerprint density at radius 2 is 2.10 bits per heavy atom. The van der Waals surface area contributed by atoms with Gasteiger partial charge in [0.2, 0.25) is 5.91 Å². The van der Waals surface area contributed by atoms with E-state index in [0.29, 0.717) is 0 Å². The van der Waals surface area contributed by atoms with Crippen LogP contribution in [0.4, 0.5) is 4.39 Å². The molecule has 21 heavy (non-hydrogen) atoms. The van der Waals surface area contributed by atoms with E-state index in [-0.39, 0.29) is 35.7 Å². The third kappa shape index (κ3) is 4.41. The molecule has 114 valence electrons. The van der Waals surface area contributed by atoms with Gasteiger partial charge >= 0.3 is 5.97 Å². The van der Waals surface area contributed by atoms with E-state index in [1.165, 1.54) is 17.0 Å². The predicted octanol–water partition coefficient (Wildman–Crippen LogP) is 2.07. The van der Waals surface area contributed by atoms with Gasteiger partial charge in [0, 0.05) is 16.6 Å². The van der Waals surface area contributed by atoms with Gasteiger partial charge in [-0.25, -0.2) is 9.18 Å². The van der Waals surface area contributed by atoms with Crippen molar-refractivity contribution < 1.29 is 23.8 Å². The normalized spacial score (nSPS) is 14.0. The second-order valence-electron chi connectivity index (χ2n) is 4.84. The highest BCUT2D eigenvalue weighted by Gasteiger charge is 2.33. The van der Waals surface area contributed by atoms with E-state index in [1.807, 2.05) is 0 Å². The fraction of sp³-hybridized carbons (Fsp3) is 0.429. The summed E-state index contributed by atoms with van der Waals surface area (Å²) in [6.45, 7) is -0.814. The molecule has 1 amide bonds. The van der Waals surface area contributed by atoms with Crippen LogP contribution in [0.1, 0.15) is 18.4 Å². The molecule has 1 saturated carbocycles. The third-order valence-electron chi connectivity index (χ3n) is 3.15. The molecule has 1 fully saturated rings. The molecule has 0 radical (unpaired) electrons. The fourth-order valence-electron chi connectivity index (χ4n) is 1.97. The Kier molecular flexibility index (Phi) is 5.14. The van der Waals surface area contributed by atoms with E-state index in [2.05, 4.69) is 0 Å². The van der Waals surface area contributed by atoms with Crippen LogP contribution >= 0.6 is 11.6 Å². The summed E-state index contributed by atoms with van der Waals surface area (Å²) < 4.78 is 18.6. The first-order chi connectivity index (χ1) is 9.99. The van der Waals surface area contributed by atoms with Crippen LogP contribution in [0.2, 0.25) is 5.02 Å². The highest BCUT2D eigenvalue weighted by atomic mass is 35.5. The van der Waals surface area contributed by atoms with Crippen LogP contribution in [0.25, 0.3) is 0 Å². The number of halogens is 2. The highest BCUT2D eigenvalue weighted by molar-refractivity contribution is 6.31. The van der Waals surface area contributed by atoms with E-state index >= 15 is 0 Å². The number of carboxylic acid groups (broad SMARTS) is 1. The number of benzene rings is 1. The van der Waals surface area contributed by atoms with Gasteiger partial charge in [-0.05, 0) is 25.0 Å². The number of carbonyl (C=O) groups excluding carboxylic acids is 1. The molecule has 1 aromatic rings. The largest absolute Gasteiger partial charge is 0.480 e. The Balaban J connectivity index is 2.02. The van der Waals surface area contributed by atoms with Crippen molar-refractivity contribution in [2.24, 2.45) is 0 Å². The Morgan fingerprint density at radius 3 is 2.67 bits per heavy atom. The molecule has 0 unspecified atom stereocenters. The number of carboxylic acids is 1. The average Bonchev–Trinajstić information content (AvgIpc) is 3.22. The summed E-state index contributed by atoms with van der Waals surface area (Å²) in [4.78, 5) is 23.9. The molecule has 5 nitrogen and oxygen atoms in total. The van der Waals surface area contributed by atoms with Gasteiger partial charge in [-0.3, -0.25) is 4.79 Å². The average molecular weight is 316 g/mol. The van der Waals surface area contributed by atoms with Crippen molar-refractivity contribution in [2.75, 3.05) is 13.2 Å². The van der Waals surface area contributed by atoms with Crippen LogP contribution in [0.5, 0.6) is 0 Å². The van der Waals surface area contributed by atoms with Gasteiger partial charge in [0.15, 0.2) is 0 Å². The number of ether oxygens (including phenoxy) is 1. The van der Waals surface area contributed by atoms with Crippen molar-refractivity contribution in [1.29, 1.82) is 0 Å². The SMILES string of the molecule is O=C(O)COCC(=O)N(Cc1c(F)cccc1Cl)C1CC1. The molecule has 1 N–H and O–H groups in total. The van der Waals surface area contributed by atoms with Gasteiger partial charge < -0.3 is 14.7 Å². The quantitative estimate of drug-likeness (QED) is 0.836. The van der Waals surface area contributed by atoms with E-state index in [4.69, 9.17) is 21.4 Å². The zero-order valence-corrected chi connectivity index (χ0v) is 12.0. The van der Waals surface area contributed by atoms with Gasteiger partial charge in [0.05, 0.1) is 6.54 Å². The Labute approximate surface area is 126 Å². The predicted molar refractivity (Wildman–Crippen MR) is 73.4 cm³/mol. The van der Waals surface area contributed by atoms with Crippen molar-refractivity contribution in [3.63, 3.8) is 0 Å². The van der Waals surface area contributed by atoms with E-state index < -0.39 is 18.4 Å². The molecule has 2 rings (SSSR count). The zero-order valence-electron chi connectivity index (χ0n) is 11.2. The monoisotopic (exact) mass is 315 g/mol. The number of amides is 1. The number of hydrogen-bond donors (Lipinski definition) is 1. The molecule has 1 aliphatic rings. The molecule has 1 aromatic carbocycles. The Morgan fingerprint density at radius 1 is 1.38 bits per heavy atom. The second-order valence-corrected chi connectivity index (χ2v) is 5.25. The second kappa shape index (κ2) is 6.87. The van der Waals surface area contributed by atoms with Gasteiger partial charge in [0.25, 0.3) is 0 Å². The minimum Gasteiger partial charge on any atom is -0.480 e. The molecular formula is C14H15ClFNO4. The van der Waals surface area contributed by atoms with E-state index in [9.17, 15) is 14.0 Å². The summed E-state index contributed by atoms with van der Waals surface area (Å²) in [5, 5.41) is 8.74. The van der Waals surface area contributed by atoms with Crippen LogP contribution in [-0.2, 0) is 20.9 Å². The first-order valence-electron chi connectivity index (χ1n) is 6.51. The summed E-state index contributed by atoms with van der Waals surface area (Å²) in [5.74, 6) is -1.97. The number of hydrogen-bond acceptors (Lipinski definition) is 3. The maximum absolute atomic E-state index is 13.8. The molecule has 1 aliphatic carbocycles. The van der Waals surface area contributed by atoms with Crippen molar-refractivity contribution in [1.82, 2.24) is 4.90 Å². The van der Waals surface area contributed by atoms with Crippen LogP contribution in [0, 0.1) is 5.82 Å². The van der Waals surface area contributed by atoms with Crippen LogP contribution in [0.3, 0.4) is 0 Å². The zero-order chi connectivity index (χ0) is 15.4. The van der Waals surface area contributed by atoms with Crippen LogP contribution in [-0.4, -0.2) is 41.1 Å². The first kappa shape index (κ1) is 15.7. The van der Waals surface area contributed by atoms with Crippen molar-refractivity contribution in [3.05, 3.63) is 34.6 Å². The van der Waals surface area contributed by atoms with Crippen molar-refractivity contribution >= 4 is 23.5 Å². The molecular weight excluding hydrogens is 301 g/mol. The van der Waals surface area contributed by atoms with Crippen LogP contribution in [0.15, 0.2) is 18.2 Å². The molecule has 0 aromatic heterocycles. The number of nitrogens with zero attached hydrogens (tertiary/aromatic N) is 1. The topological polar surface area (TPSA) is 66.8 Å². The summed E-state index contributed by atoms with van der Waals surface area (Å²) in [7, 11) is 0. The molecule has 0 spiro atoms. The van der Waals surface area contributed by atoms with Gasteiger partial charge in [-0.1, -0.05) is 17.7 Å². The summed E-state index contributed by atoms with van der Waals surface area (Å²) in [6.07, 6.45) is 1.69. The summed E-state index contributed by atoms with van der Waals surface area (Å²) in [5.41, 5.74) is 0.262. The van der Waals surface area contributed by atoms with E-state index in [0.717, 1.165) is 12.8 Å². The lowest BCUT2D eigenvalue weighted by Gasteiger charge is -2.23. The molecule has 7 heteroatoms. The minimum absolute atomic E-state index is 0.0431. The summed E-state index contributed by atoms with van der Waals surface area (Å²) >= 11 is 5.96. The summed E-state index contributed by atoms with van der Waals surface area (Å²) in [6, 6.07) is 4.40. The number of carbonyl (C=O) groups is 2. The molecule has 0 heterocycles. The molecule has 0 saturated heterocycles. The standard InChI is InChI=1S/C14H15ClFNO4/c15-11-2-1-3-12(16)10(11)6-17(9-4-5-9)13(18)7-21-8-14(19)20/h1-3,9H,4-8H2,(H,19,20). The fourth-order valence-corrected chi connectivity index (χ4v) is 2.19. The maximum Gasteiger partial charge on any atom is 0.329 e. The first-order valence-corrected chi connectivity index (χ1v) is 6.88. The lowest BCUT2D eigenvalue weighted by atomic mass is 10.2. The Hall–Kier alpha value is -1.66. The number of rotatable bonds is 7. The lowest BCUT2D eigenvalue weighted by Crippen LogP contribution is -2.36. The van der Waals surface area contributed by atoms with E-state index in [1.54, 1.807) is 6.07 Å². The van der Waals surface area contributed by atoms with Gasteiger partial charge in [-0.15, -0.1) is 0 Å². The number of aliphatic carboxylic acids is 1. The van der Waals surface area contributed by atoms with Gasteiger partial charge in [0.1, 0.15) is 19.0 Å². The molecule has 0 aliphatic heterocycles. The van der Waals surface area contributed by atoms with Gasteiger partial charge in [-0.2, -0.15) is 0 Å².